The molecule has 1 aliphatic heterocycles. The molecule has 1 saturated carbocycles. The predicted molar refractivity (Wildman–Crippen MR) is 81.3 cm³/mol. The Hall–Kier alpha value is -1.16. The van der Waals surface area contributed by atoms with Gasteiger partial charge in [-0.3, -0.25) is 9.69 Å². The SMILES string of the molecule is CC(C)(C)c1cc(CC(=O)[C@@H]2CCCCN2C2CC2)no1. The molecule has 4 nitrogen and oxygen atoms in total. The highest BCUT2D eigenvalue weighted by atomic mass is 16.5. The Morgan fingerprint density at radius 3 is 2.71 bits per heavy atom. The van der Waals surface area contributed by atoms with E-state index in [1.165, 1.54) is 25.7 Å². The summed E-state index contributed by atoms with van der Waals surface area (Å²) in [6.07, 6.45) is 6.36. The van der Waals surface area contributed by atoms with Crippen molar-refractivity contribution in [2.75, 3.05) is 6.54 Å². The van der Waals surface area contributed by atoms with E-state index >= 15 is 0 Å². The third-order valence-electron chi connectivity index (χ3n) is 4.59. The summed E-state index contributed by atoms with van der Waals surface area (Å²) in [4.78, 5) is 15.1. The molecule has 4 heteroatoms. The molecule has 0 bridgehead atoms. The number of hydrogen-bond acceptors (Lipinski definition) is 4. The van der Waals surface area contributed by atoms with Crippen LogP contribution in [0.2, 0.25) is 0 Å². The van der Waals surface area contributed by atoms with Gasteiger partial charge in [-0.2, -0.15) is 0 Å². The summed E-state index contributed by atoms with van der Waals surface area (Å²) >= 11 is 0. The van der Waals surface area contributed by atoms with Crippen LogP contribution in [-0.4, -0.2) is 34.5 Å². The molecule has 116 valence electrons. The number of rotatable bonds is 4. The first kappa shape index (κ1) is 14.8. The largest absolute Gasteiger partial charge is 0.361 e. The fourth-order valence-corrected chi connectivity index (χ4v) is 3.19. The van der Waals surface area contributed by atoms with Crippen molar-refractivity contribution in [3.8, 4) is 0 Å². The Morgan fingerprint density at radius 2 is 2.10 bits per heavy atom. The quantitative estimate of drug-likeness (QED) is 0.855. The predicted octanol–water partition coefficient (Wildman–Crippen LogP) is 3.10. The lowest BCUT2D eigenvalue weighted by molar-refractivity contribution is -0.125. The normalized spacial score (nSPS) is 24.2. The van der Waals surface area contributed by atoms with Crippen LogP contribution < -0.4 is 0 Å². The molecule has 0 amide bonds. The topological polar surface area (TPSA) is 46.3 Å². The van der Waals surface area contributed by atoms with Crippen LogP contribution >= 0.6 is 0 Å². The summed E-state index contributed by atoms with van der Waals surface area (Å²) in [6, 6.07) is 2.73. The van der Waals surface area contributed by atoms with Gasteiger partial charge in [-0.25, -0.2) is 0 Å². The van der Waals surface area contributed by atoms with Crippen LogP contribution in [0.5, 0.6) is 0 Å². The minimum Gasteiger partial charge on any atom is -0.361 e. The standard InChI is InChI=1S/C17H26N2O2/c1-17(2,3)16-11-12(18-21-16)10-15(20)14-6-4-5-9-19(14)13-7-8-13/h11,13-14H,4-10H2,1-3H3/t14-/m0/s1. The first-order valence-electron chi connectivity index (χ1n) is 8.19. The molecule has 2 aliphatic rings. The summed E-state index contributed by atoms with van der Waals surface area (Å²) in [6.45, 7) is 7.37. The Balaban J connectivity index is 1.66. The number of aromatic nitrogens is 1. The monoisotopic (exact) mass is 290 g/mol. The van der Waals surface area contributed by atoms with Crippen LogP contribution in [0.25, 0.3) is 0 Å². The molecule has 0 unspecified atom stereocenters. The van der Waals surface area contributed by atoms with Crippen molar-refractivity contribution in [1.82, 2.24) is 10.1 Å². The van der Waals surface area contributed by atoms with Crippen molar-refractivity contribution in [2.45, 2.75) is 76.8 Å². The molecular weight excluding hydrogens is 264 g/mol. The van der Waals surface area contributed by atoms with Gasteiger partial charge in [-0.05, 0) is 32.2 Å². The van der Waals surface area contributed by atoms with E-state index in [9.17, 15) is 4.79 Å². The number of nitrogens with zero attached hydrogens (tertiary/aromatic N) is 2. The highest BCUT2D eigenvalue weighted by molar-refractivity contribution is 5.86. The molecule has 1 aliphatic carbocycles. The zero-order valence-corrected chi connectivity index (χ0v) is 13.4. The van der Waals surface area contributed by atoms with Crippen molar-refractivity contribution in [2.24, 2.45) is 0 Å². The summed E-state index contributed by atoms with van der Waals surface area (Å²) in [5, 5.41) is 4.09. The summed E-state index contributed by atoms with van der Waals surface area (Å²) in [5.41, 5.74) is 0.727. The summed E-state index contributed by atoms with van der Waals surface area (Å²) in [7, 11) is 0. The van der Waals surface area contributed by atoms with E-state index in [0.717, 1.165) is 24.4 Å². The molecule has 2 fully saturated rings. The smallest absolute Gasteiger partial charge is 0.156 e. The van der Waals surface area contributed by atoms with Crippen LogP contribution in [0.4, 0.5) is 0 Å². The number of hydrogen-bond donors (Lipinski definition) is 0. The average Bonchev–Trinajstić information content (AvgIpc) is 3.17. The molecule has 1 aromatic rings. The Labute approximate surface area is 126 Å². The number of Topliss-reactive ketones (excluding diaryl/α,β-unsaturated/α-hetero) is 1. The second-order valence-corrected chi connectivity index (χ2v) is 7.56. The van der Waals surface area contributed by atoms with Crippen molar-refractivity contribution in [3.63, 3.8) is 0 Å². The lowest BCUT2D eigenvalue weighted by atomic mass is 9.92. The molecule has 21 heavy (non-hydrogen) atoms. The Morgan fingerprint density at radius 1 is 1.33 bits per heavy atom. The number of piperidine rings is 1. The van der Waals surface area contributed by atoms with Gasteiger partial charge < -0.3 is 4.52 Å². The van der Waals surface area contributed by atoms with Gasteiger partial charge in [0.2, 0.25) is 0 Å². The highest BCUT2D eigenvalue weighted by Crippen LogP contribution is 2.33. The maximum Gasteiger partial charge on any atom is 0.156 e. The first-order valence-corrected chi connectivity index (χ1v) is 8.19. The maximum atomic E-state index is 12.6. The second kappa shape index (κ2) is 5.56. The molecule has 0 aromatic carbocycles. The maximum absolute atomic E-state index is 12.6. The van der Waals surface area contributed by atoms with Crippen molar-refractivity contribution in [3.05, 3.63) is 17.5 Å². The van der Waals surface area contributed by atoms with E-state index in [4.69, 9.17) is 4.52 Å². The molecular formula is C17H26N2O2. The van der Waals surface area contributed by atoms with E-state index in [1.807, 2.05) is 6.07 Å². The van der Waals surface area contributed by atoms with E-state index in [1.54, 1.807) is 0 Å². The van der Waals surface area contributed by atoms with Gasteiger partial charge in [-0.1, -0.05) is 32.3 Å². The third-order valence-corrected chi connectivity index (χ3v) is 4.59. The number of ketones is 1. The second-order valence-electron chi connectivity index (χ2n) is 7.56. The number of carbonyl (C=O) groups excluding carboxylic acids is 1. The van der Waals surface area contributed by atoms with Gasteiger partial charge in [0.15, 0.2) is 5.78 Å². The van der Waals surface area contributed by atoms with E-state index in [-0.39, 0.29) is 11.5 Å². The van der Waals surface area contributed by atoms with Gasteiger partial charge in [0, 0.05) is 17.5 Å². The zero-order valence-electron chi connectivity index (χ0n) is 13.4. The van der Waals surface area contributed by atoms with Gasteiger partial charge in [-0.15, -0.1) is 0 Å². The lowest BCUT2D eigenvalue weighted by Crippen LogP contribution is -2.46. The van der Waals surface area contributed by atoms with Crippen molar-refractivity contribution >= 4 is 5.78 Å². The molecule has 2 heterocycles. The molecule has 1 atom stereocenters. The van der Waals surface area contributed by atoms with E-state index in [0.29, 0.717) is 18.2 Å². The molecule has 0 N–H and O–H groups in total. The van der Waals surface area contributed by atoms with Crippen molar-refractivity contribution < 1.29 is 9.32 Å². The molecule has 3 rings (SSSR count). The van der Waals surface area contributed by atoms with Gasteiger partial charge >= 0.3 is 0 Å². The van der Waals surface area contributed by atoms with Crippen LogP contribution in [0.15, 0.2) is 10.6 Å². The Bertz CT molecular complexity index is 511. The molecule has 1 aromatic heterocycles. The third kappa shape index (κ3) is 3.37. The van der Waals surface area contributed by atoms with Crippen LogP contribution in [0, 0.1) is 0 Å². The van der Waals surface area contributed by atoms with Gasteiger partial charge in [0.1, 0.15) is 5.76 Å². The average molecular weight is 290 g/mol. The fourth-order valence-electron chi connectivity index (χ4n) is 3.19. The van der Waals surface area contributed by atoms with Gasteiger partial charge in [0.05, 0.1) is 18.2 Å². The van der Waals surface area contributed by atoms with Gasteiger partial charge in [0.25, 0.3) is 0 Å². The Kier molecular flexibility index (Phi) is 3.91. The molecule has 0 spiro atoms. The minimum absolute atomic E-state index is 0.0564. The number of likely N-dealkylation sites (tertiary alicyclic amines) is 1. The molecule has 0 radical (unpaired) electrons. The number of carbonyl (C=O) groups is 1. The lowest BCUT2D eigenvalue weighted by Gasteiger charge is -2.34. The first-order chi connectivity index (χ1) is 9.95. The van der Waals surface area contributed by atoms with Crippen LogP contribution in [0.1, 0.15) is 64.3 Å². The van der Waals surface area contributed by atoms with E-state index < -0.39 is 0 Å². The zero-order chi connectivity index (χ0) is 15.0. The molecule has 1 saturated heterocycles. The fraction of sp³-hybridized carbons (Fsp3) is 0.765. The minimum atomic E-state index is -0.0564. The van der Waals surface area contributed by atoms with Crippen LogP contribution in [0.3, 0.4) is 0 Å². The highest BCUT2D eigenvalue weighted by Gasteiger charge is 2.38. The summed E-state index contributed by atoms with van der Waals surface area (Å²) < 4.78 is 5.39. The van der Waals surface area contributed by atoms with E-state index in [2.05, 4.69) is 30.8 Å². The summed E-state index contributed by atoms with van der Waals surface area (Å²) in [5.74, 6) is 1.17. The van der Waals surface area contributed by atoms with Crippen molar-refractivity contribution in [1.29, 1.82) is 0 Å². The van der Waals surface area contributed by atoms with Crippen LogP contribution in [-0.2, 0) is 16.6 Å².